The zero-order valence-electron chi connectivity index (χ0n) is 12.3. The fourth-order valence-corrected chi connectivity index (χ4v) is 2.77. The van der Waals surface area contributed by atoms with E-state index in [1.54, 1.807) is 0 Å². The quantitative estimate of drug-likeness (QED) is 0.931. The molecular formula is C18H19N3. The first-order valence-electron chi connectivity index (χ1n) is 7.29. The van der Waals surface area contributed by atoms with Crippen LogP contribution in [0.2, 0.25) is 0 Å². The molecule has 1 N–H and O–H groups in total. The lowest BCUT2D eigenvalue weighted by Gasteiger charge is -2.13. The predicted molar refractivity (Wildman–Crippen MR) is 86.5 cm³/mol. The van der Waals surface area contributed by atoms with Crippen LogP contribution in [0.3, 0.4) is 0 Å². The van der Waals surface area contributed by atoms with Gasteiger partial charge < -0.3 is 10.2 Å². The summed E-state index contributed by atoms with van der Waals surface area (Å²) in [5.74, 6) is 0. The van der Waals surface area contributed by atoms with Gasteiger partial charge in [-0.25, -0.2) is 0 Å². The highest BCUT2D eigenvalue weighted by Crippen LogP contribution is 2.27. The van der Waals surface area contributed by atoms with Gasteiger partial charge in [0.15, 0.2) is 0 Å². The molecule has 3 nitrogen and oxygen atoms in total. The van der Waals surface area contributed by atoms with E-state index < -0.39 is 0 Å². The van der Waals surface area contributed by atoms with Crippen LogP contribution >= 0.6 is 0 Å². The number of nitriles is 1. The first-order valence-corrected chi connectivity index (χ1v) is 7.29. The van der Waals surface area contributed by atoms with E-state index in [0.717, 1.165) is 30.8 Å². The highest BCUT2D eigenvalue weighted by molar-refractivity contribution is 5.58. The van der Waals surface area contributed by atoms with E-state index in [-0.39, 0.29) is 0 Å². The average Bonchev–Trinajstić information content (AvgIpc) is 2.88. The Morgan fingerprint density at radius 1 is 1.14 bits per heavy atom. The molecule has 0 aromatic heterocycles. The summed E-state index contributed by atoms with van der Waals surface area (Å²) in [5, 5.41) is 12.1. The molecule has 0 bridgehead atoms. The molecule has 0 saturated heterocycles. The Hall–Kier alpha value is -2.47. The molecule has 1 heterocycles. The molecule has 2 aromatic rings. The Kier molecular flexibility index (Phi) is 3.79. The van der Waals surface area contributed by atoms with Crippen LogP contribution in [0.5, 0.6) is 0 Å². The van der Waals surface area contributed by atoms with E-state index in [1.165, 1.54) is 16.8 Å². The summed E-state index contributed by atoms with van der Waals surface area (Å²) in [7, 11) is 2.15. The first-order chi connectivity index (χ1) is 10.3. The van der Waals surface area contributed by atoms with Gasteiger partial charge in [0.1, 0.15) is 0 Å². The Labute approximate surface area is 125 Å². The van der Waals surface area contributed by atoms with Crippen molar-refractivity contribution < 1.29 is 0 Å². The maximum Gasteiger partial charge on any atom is 0.0669 e. The summed E-state index contributed by atoms with van der Waals surface area (Å²) in [6, 6.07) is 17.0. The minimum atomic E-state index is 0.471. The maximum atomic E-state index is 8.67. The molecule has 21 heavy (non-hydrogen) atoms. The number of nitrogens with one attached hydrogen (secondary N) is 1. The van der Waals surface area contributed by atoms with Gasteiger partial charge in [-0.15, -0.1) is 0 Å². The van der Waals surface area contributed by atoms with E-state index in [9.17, 15) is 0 Å². The van der Waals surface area contributed by atoms with Gasteiger partial charge in [0.05, 0.1) is 12.5 Å². The molecule has 0 atom stereocenters. The first kappa shape index (κ1) is 13.5. The summed E-state index contributed by atoms with van der Waals surface area (Å²) in [5.41, 5.74) is 6.27. The van der Waals surface area contributed by atoms with Crippen LogP contribution in [0.15, 0.2) is 42.5 Å². The third-order valence-corrected chi connectivity index (χ3v) is 4.01. The monoisotopic (exact) mass is 277 g/mol. The summed E-state index contributed by atoms with van der Waals surface area (Å²) in [4.78, 5) is 2.31. The lowest BCUT2D eigenvalue weighted by Crippen LogP contribution is -2.12. The van der Waals surface area contributed by atoms with E-state index in [1.807, 2.05) is 24.3 Å². The number of nitrogens with zero attached hydrogens (tertiary/aromatic N) is 2. The van der Waals surface area contributed by atoms with Crippen molar-refractivity contribution in [3.8, 4) is 6.07 Å². The standard InChI is InChI=1S/C18H19N3/c1-21-11-9-16-12-15(4-7-18(16)21)13-20-17-5-2-14(3-6-17)8-10-19/h2-7,12,20H,8-9,11,13H2,1H3. The lowest BCUT2D eigenvalue weighted by atomic mass is 10.1. The van der Waals surface area contributed by atoms with E-state index >= 15 is 0 Å². The molecule has 3 heteroatoms. The van der Waals surface area contributed by atoms with Crippen molar-refractivity contribution in [1.29, 1.82) is 5.26 Å². The van der Waals surface area contributed by atoms with E-state index in [0.29, 0.717) is 6.42 Å². The third-order valence-electron chi connectivity index (χ3n) is 4.01. The van der Waals surface area contributed by atoms with Crippen molar-refractivity contribution in [3.63, 3.8) is 0 Å². The number of hydrogen-bond donors (Lipinski definition) is 1. The zero-order valence-corrected chi connectivity index (χ0v) is 12.3. The fraction of sp³-hybridized carbons (Fsp3) is 0.278. The molecule has 1 aliphatic heterocycles. The Morgan fingerprint density at radius 2 is 1.90 bits per heavy atom. The number of likely N-dealkylation sites (N-methyl/N-ethyl adjacent to an activating group) is 1. The minimum Gasteiger partial charge on any atom is -0.381 e. The Morgan fingerprint density at radius 3 is 2.67 bits per heavy atom. The third kappa shape index (κ3) is 3.00. The Balaban J connectivity index is 1.64. The number of hydrogen-bond acceptors (Lipinski definition) is 3. The number of anilines is 2. The lowest BCUT2D eigenvalue weighted by molar-refractivity contribution is 0.955. The number of rotatable bonds is 4. The molecule has 106 valence electrons. The Bertz CT molecular complexity index is 668. The van der Waals surface area contributed by atoms with Crippen molar-refractivity contribution in [3.05, 3.63) is 59.2 Å². The van der Waals surface area contributed by atoms with E-state index in [4.69, 9.17) is 5.26 Å². The molecule has 0 unspecified atom stereocenters. The van der Waals surface area contributed by atoms with Crippen LogP contribution in [0.4, 0.5) is 11.4 Å². The van der Waals surface area contributed by atoms with Gasteiger partial charge in [-0.05, 0) is 41.3 Å². The summed E-state index contributed by atoms with van der Waals surface area (Å²) < 4.78 is 0. The van der Waals surface area contributed by atoms with Gasteiger partial charge in [-0.2, -0.15) is 5.26 Å². The molecule has 0 spiro atoms. The second-order valence-corrected chi connectivity index (χ2v) is 5.52. The van der Waals surface area contributed by atoms with Gasteiger partial charge in [0.25, 0.3) is 0 Å². The second-order valence-electron chi connectivity index (χ2n) is 5.52. The zero-order chi connectivity index (χ0) is 14.7. The van der Waals surface area contributed by atoms with Crippen LogP contribution in [-0.4, -0.2) is 13.6 Å². The molecule has 3 rings (SSSR count). The molecule has 2 aromatic carbocycles. The largest absolute Gasteiger partial charge is 0.381 e. The smallest absolute Gasteiger partial charge is 0.0669 e. The van der Waals surface area contributed by atoms with Crippen molar-refractivity contribution in [2.24, 2.45) is 0 Å². The van der Waals surface area contributed by atoms with Crippen molar-refractivity contribution in [2.75, 3.05) is 23.8 Å². The SMILES string of the molecule is CN1CCc2cc(CNc3ccc(CC#N)cc3)ccc21. The topological polar surface area (TPSA) is 39.1 Å². The predicted octanol–water partition coefficient (Wildman–Crippen LogP) is 3.36. The molecule has 0 saturated carbocycles. The fourth-order valence-electron chi connectivity index (χ4n) is 2.77. The summed E-state index contributed by atoms with van der Waals surface area (Å²) in [6.45, 7) is 1.95. The minimum absolute atomic E-state index is 0.471. The van der Waals surface area contributed by atoms with Gasteiger partial charge in [0.2, 0.25) is 0 Å². The van der Waals surface area contributed by atoms with Gasteiger partial charge in [-0.3, -0.25) is 0 Å². The van der Waals surface area contributed by atoms with Crippen molar-refractivity contribution in [1.82, 2.24) is 0 Å². The van der Waals surface area contributed by atoms with Crippen molar-refractivity contribution in [2.45, 2.75) is 19.4 Å². The molecule has 0 amide bonds. The molecule has 1 aliphatic rings. The second kappa shape index (κ2) is 5.88. The van der Waals surface area contributed by atoms with E-state index in [2.05, 4.69) is 41.5 Å². The summed E-state index contributed by atoms with van der Waals surface area (Å²) >= 11 is 0. The number of fused-ring (bicyclic) bond motifs is 1. The highest BCUT2D eigenvalue weighted by atomic mass is 15.1. The number of benzene rings is 2. The highest BCUT2D eigenvalue weighted by Gasteiger charge is 2.15. The average molecular weight is 277 g/mol. The van der Waals surface area contributed by atoms with Crippen LogP contribution in [-0.2, 0) is 19.4 Å². The maximum absolute atomic E-state index is 8.67. The van der Waals surface area contributed by atoms with Crippen LogP contribution < -0.4 is 10.2 Å². The van der Waals surface area contributed by atoms with Crippen molar-refractivity contribution >= 4 is 11.4 Å². The van der Waals surface area contributed by atoms with Gasteiger partial charge in [-0.1, -0.05) is 24.3 Å². The molecule has 0 radical (unpaired) electrons. The molecule has 0 aliphatic carbocycles. The van der Waals surface area contributed by atoms with Gasteiger partial charge >= 0.3 is 0 Å². The molecular weight excluding hydrogens is 258 g/mol. The van der Waals surface area contributed by atoms with Crippen LogP contribution in [0.1, 0.15) is 16.7 Å². The normalized spacial score (nSPS) is 12.9. The summed E-state index contributed by atoms with van der Waals surface area (Å²) in [6.07, 6.45) is 1.61. The van der Waals surface area contributed by atoms with Crippen LogP contribution in [0.25, 0.3) is 0 Å². The van der Waals surface area contributed by atoms with Crippen LogP contribution in [0, 0.1) is 11.3 Å². The molecule has 0 fully saturated rings. The van der Waals surface area contributed by atoms with Gasteiger partial charge in [0, 0.05) is 31.5 Å².